The van der Waals surface area contributed by atoms with Gasteiger partial charge in [0.25, 0.3) is 0 Å². The second-order valence-corrected chi connectivity index (χ2v) is 4.82. The fourth-order valence-electron chi connectivity index (χ4n) is 2.12. The van der Waals surface area contributed by atoms with Gasteiger partial charge in [0.2, 0.25) is 0 Å². The highest BCUT2D eigenvalue weighted by Gasteiger charge is 2.24. The van der Waals surface area contributed by atoms with Crippen LogP contribution in [0.25, 0.3) is 0 Å². The summed E-state index contributed by atoms with van der Waals surface area (Å²) >= 11 is 0. The van der Waals surface area contributed by atoms with Crippen LogP contribution in [-0.4, -0.2) is 24.1 Å². The molecule has 0 aromatic heterocycles. The number of rotatable bonds is 6. The standard InChI is InChI=1S/C14H26N/c1-4-6-10-15(11-7-5-2)12-8-14(3)9-13-15/h8-9,12H,4-7,10-11,13H2,1-3H3/q+1. The van der Waals surface area contributed by atoms with Crippen molar-refractivity contribution in [2.75, 3.05) is 19.6 Å². The Bertz CT molecular complexity index is 230. The molecule has 0 aromatic carbocycles. The molecule has 0 aliphatic carbocycles. The van der Waals surface area contributed by atoms with Gasteiger partial charge in [-0.25, -0.2) is 0 Å². The molecule has 15 heavy (non-hydrogen) atoms. The number of hydrogen-bond donors (Lipinski definition) is 0. The van der Waals surface area contributed by atoms with Gasteiger partial charge in [0.1, 0.15) is 6.54 Å². The first-order valence-corrected chi connectivity index (χ1v) is 6.44. The topological polar surface area (TPSA) is 0 Å². The van der Waals surface area contributed by atoms with Crippen LogP contribution in [-0.2, 0) is 0 Å². The quantitative estimate of drug-likeness (QED) is 0.581. The lowest BCUT2D eigenvalue weighted by Gasteiger charge is -2.36. The molecule has 0 saturated heterocycles. The summed E-state index contributed by atoms with van der Waals surface area (Å²) in [4.78, 5) is 0. The van der Waals surface area contributed by atoms with Crippen LogP contribution >= 0.6 is 0 Å². The summed E-state index contributed by atoms with van der Waals surface area (Å²) in [6, 6.07) is 0. The van der Waals surface area contributed by atoms with Crippen LogP contribution in [0.3, 0.4) is 0 Å². The van der Waals surface area contributed by atoms with Crippen LogP contribution < -0.4 is 0 Å². The molecule has 1 nitrogen and oxygen atoms in total. The van der Waals surface area contributed by atoms with E-state index < -0.39 is 0 Å². The van der Waals surface area contributed by atoms with E-state index in [4.69, 9.17) is 0 Å². The Morgan fingerprint density at radius 3 is 2.13 bits per heavy atom. The maximum Gasteiger partial charge on any atom is 0.102 e. The van der Waals surface area contributed by atoms with E-state index in [2.05, 4.69) is 39.1 Å². The molecule has 0 atom stereocenters. The van der Waals surface area contributed by atoms with Crippen LogP contribution in [0.4, 0.5) is 0 Å². The van der Waals surface area contributed by atoms with Crippen molar-refractivity contribution in [1.82, 2.24) is 0 Å². The monoisotopic (exact) mass is 208 g/mol. The molecule has 0 aromatic rings. The molecule has 0 amide bonds. The number of allylic oxidation sites excluding steroid dienone is 2. The van der Waals surface area contributed by atoms with E-state index in [1.54, 1.807) is 0 Å². The summed E-state index contributed by atoms with van der Waals surface area (Å²) in [6.45, 7) is 10.6. The minimum absolute atomic E-state index is 1.19. The van der Waals surface area contributed by atoms with Crippen LogP contribution in [0, 0.1) is 0 Å². The van der Waals surface area contributed by atoms with E-state index in [9.17, 15) is 0 Å². The van der Waals surface area contributed by atoms with Gasteiger partial charge < -0.3 is 0 Å². The molecule has 0 unspecified atom stereocenters. The molecule has 0 bridgehead atoms. The van der Waals surface area contributed by atoms with Crippen molar-refractivity contribution in [3.63, 3.8) is 0 Å². The molecular weight excluding hydrogens is 182 g/mol. The Hall–Kier alpha value is -0.560. The maximum atomic E-state index is 2.43. The highest BCUT2D eigenvalue weighted by Crippen LogP contribution is 2.19. The van der Waals surface area contributed by atoms with E-state index in [1.165, 1.54) is 55.4 Å². The van der Waals surface area contributed by atoms with Gasteiger partial charge >= 0.3 is 0 Å². The average molecular weight is 208 g/mol. The van der Waals surface area contributed by atoms with Crippen molar-refractivity contribution in [3.8, 4) is 0 Å². The van der Waals surface area contributed by atoms with Crippen molar-refractivity contribution >= 4 is 0 Å². The summed E-state index contributed by atoms with van der Waals surface area (Å²) in [5.41, 5.74) is 1.43. The maximum absolute atomic E-state index is 2.43. The molecule has 0 spiro atoms. The van der Waals surface area contributed by atoms with Gasteiger partial charge in [-0.3, -0.25) is 4.48 Å². The molecule has 0 N–H and O–H groups in total. The van der Waals surface area contributed by atoms with Crippen molar-refractivity contribution in [1.29, 1.82) is 0 Å². The second kappa shape index (κ2) is 6.12. The van der Waals surface area contributed by atoms with E-state index >= 15 is 0 Å². The van der Waals surface area contributed by atoms with Gasteiger partial charge in [-0.05, 0) is 37.5 Å². The highest BCUT2D eigenvalue weighted by atomic mass is 15.3. The van der Waals surface area contributed by atoms with Gasteiger partial charge in [-0.1, -0.05) is 26.7 Å². The van der Waals surface area contributed by atoms with Gasteiger partial charge in [0.15, 0.2) is 0 Å². The lowest BCUT2D eigenvalue weighted by Crippen LogP contribution is -2.45. The Kier molecular flexibility index (Phi) is 5.10. The van der Waals surface area contributed by atoms with Crippen molar-refractivity contribution in [2.45, 2.75) is 46.5 Å². The molecular formula is C14H26N+. The fraction of sp³-hybridized carbons (Fsp3) is 0.714. The normalized spacial score (nSPS) is 19.0. The molecule has 0 saturated carbocycles. The van der Waals surface area contributed by atoms with Crippen LogP contribution in [0.5, 0.6) is 0 Å². The van der Waals surface area contributed by atoms with Gasteiger partial charge in [-0.15, -0.1) is 0 Å². The van der Waals surface area contributed by atoms with Gasteiger partial charge in [-0.2, -0.15) is 0 Å². The third-order valence-corrected chi connectivity index (χ3v) is 3.34. The van der Waals surface area contributed by atoms with Crippen molar-refractivity contribution < 1.29 is 4.48 Å². The molecule has 86 valence electrons. The van der Waals surface area contributed by atoms with E-state index in [-0.39, 0.29) is 0 Å². The van der Waals surface area contributed by atoms with Gasteiger partial charge in [0.05, 0.1) is 19.3 Å². The molecule has 0 radical (unpaired) electrons. The summed E-state index contributed by atoms with van der Waals surface area (Å²) in [6.07, 6.45) is 12.4. The first-order chi connectivity index (χ1) is 7.22. The third-order valence-electron chi connectivity index (χ3n) is 3.34. The van der Waals surface area contributed by atoms with E-state index in [0.29, 0.717) is 0 Å². The summed E-state index contributed by atoms with van der Waals surface area (Å²) in [7, 11) is 0. The molecule has 1 aliphatic heterocycles. The first-order valence-electron chi connectivity index (χ1n) is 6.44. The largest absolute Gasteiger partial charge is 0.294 e. The molecule has 0 fully saturated rings. The molecule has 1 heterocycles. The predicted octanol–water partition coefficient (Wildman–Crippen LogP) is 3.88. The average Bonchev–Trinajstić information content (AvgIpc) is 2.27. The molecule has 1 aliphatic rings. The Balaban J connectivity index is 2.57. The molecule has 1 rings (SSSR count). The summed E-state index contributed by atoms with van der Waals surface area (Å²) in [5.74, 6) is 0. The summed E-state index contributed by atoms with van der Waals surface area (Å²) in [5, 5.41) is 0. The lowest BCUT2D eigenvalue weighted by atomic mass is 10.1. The Morgan fingerprint density at radius 1 is 1.13 bits per heavy atom. The van der Waals surface area contributed by atoms with Crippen molar-refractivity contribution in [3.05, 3.63) is 23.9 Å². The highest BCUT2D eigenvalue weighted by molar-refractivity contribution is 5.16. The Labute approximate surface area is 95.1 Å². The first kappa shape index (κ1) is 12.5. The SMILES string of the molecule is CCCC[N+]1(CCCC)C=CC(C)=CC1. The number of quaternary nitrogens is 1. The molecule has 1 heteroatoms. The van der Waals surface area contributed by atoms with Crippen LogP contribution in [0.2, 0.25) is 0 Å². The zero-order chi connectivity index (χ0) is 11.1. The van der Waals surface area contributed by atoms with E-state index in [1.807, 2.05) is 0 Å². The minimum Gasteiger partial charge on any atom is -0.294 e. The van der Waals surface area contributed by atoms with Gasteiger partial charge in [0, 0.05) is 0 Å². The zero-order valence-corrected chi connectivity index (χ0v) is 10.6. The fourth-order valence-corrected chi connectivity index (χ4v) is 2.12. The minimum atomic E-state index is 1.19. The predicted molar refractivity (Wildman–Crippen MR) is 67.6 cm³/mol. The number of hydrogen-bond acceptors (Lipinski definition) is 0. The summed E-state index contributed by atoms with van der Waals surface area (Å²) < 4.78 is 1.19. The number of unbranched alkanes of at least 4 members (excludes halogenated alkanes) is 2. The van der Waals surface area contributed by atoms with Crippen LogP contribution in [0.1, 0.15) is 46.5 Å². The zero-order valence-electron chi connectivity index (χ0n) is 10.6. The number of nitrogens with zero attached hydrogens (tertiary/aromatic N) is 1. The van der Waals surface area contributed by atoms with E-state index in [0.717, 1.165) is 0 Å². The Morgan fingerprint density at radius 2 is 1.73 bits per heavy atom. The van der Waals surface area contributed by atoms with Crippen molar-refractivity contribution in [2.24, 2.45) is 0 Å². The third kappa shape index (κ3) is 3.83. The van der Waals surface area contributed by atoms with Crippen LogP contribution in [0.15, 0.2) is 23.9 Å². The lowest BCUT2D eigenvalue weighted by molar-refractivity contribution is -0.875. The smallest absolute Gasteiger partial charge is 0.102 e. The second-order valence-electron chi connectivity index (χ2n) is 4.82.